The molecule has 0 unspecified atom stereocenters. The van der Waals surface area contributed by atoms with Crippen molar-refractivity contribution in [3.8, 4) is 22.6 Å². The molecule has 1 N–H and O–H groups in total. The number of halogens is 2. The first-order valence-corrected chi connectivity index (χ1v) is 12.4. The molecule has 0 aliphatic carbocycles. The highest BCUT2D eigenvalue weighted by atomic mass is 32.1. The minimum atomic E-state index is -0.396. The molecule has 3 aromatic carbocycles. The lowest BCUT2D eigenvalue weighted by atomic mass is 9.98. The summed E-state index contributed by atoms with van der Waals surface area (Å²) in [6.45, 7) is 2.90. The van der Waals surface area contributed by atoms with Gasteiger partial charge in [0.1, 0.15) is 17.3 Å². The number of aromatic hydroxyl groups is 1. The van der Waals surface area contributed by atoms with Crippen LogP contribution in [-0.4, -0.2) is 48.7 Å². The molecule has 0 atom stereocenters. The number of carbonyl (C=O) groups excluding carboxylic acids is 1. The fourth-order valence-electron chi connectivity index (χ4n) is 4.42. The van der Waals surface area contributed by atoms with Crippen LogP contribution in [0.3, 0.4) is 0 Å². The fourth-order valence-corrected chi connectivity index (χ4v) is 5.64. The summed E-state index contributed by atoms with van der Waals surface area (Å²) in [7, 11) is 0. The Morgan fingerprint density at radius 2 is 1.80 bits per heavy atom. The van der Waals surface area contributed by atoms with Crippen molar-refractivity contribution in [1.82, 2.24) is 4.90 Å². The zero-order valence-corrected chi connectivity index (χ0v) is 19.9. The Morgan fingerprint density at radius 1 is 1.06 bits per heavy atom. The van der Waals surface area contributed by atoms with Crippen molar-refractivity contribution < 1.29 is 23.4 Å². The average Bonchev–Trinajstić information content (AvgIpc) is 3.21. The molecule has 1 aliphatic heterocycles. The molecular formula is C28H25F2NO3S. The van der Waals surface area contributed by atoms with Crippen LogP contribution in [0.2, 0.25) is 0 Å². The third kappa shape index (κ3) is 5.06. The van der Waals surface area contributed by atoms with Gasteiger partial charge in [-0.15, -0.1) is 11.3 Å². The van der Waals surface area contributed by atoms with Gasteiger partial charge in [0.2, 0.25) is 5.78 Å². The molecule has 1 saturated heterocycles. The number of phenolic OH excluding ortho intramolecular Hbond substituents is 1. The zero-order chi connectivity index (χ0) is 24.4. The first-order chi connectivity index (χ1) is 17.0. The number of likely N-dealkylation sites (tertiary alicyclic amines) is 1. The van der Waals surface area contributed by atoms with Crippen LogP contribution in [0, 0.1) is 11.7 Å². The molecule has 4 aromatic rings. The smallest absolute Gasteiger partial charge is 0.203 e. The summed E-state index contributed by atoms with van der Waals surface area (Å²) in [5.41, 5.74) is 2.05. The van der Waals surface area contributed by atoms with Crippen LogP contribution in [0.15, 0.2) is 66.7 Å². The Hall–Kier alpha value is -3.29. The van der Waals surface area contributed by atoms with E-state index in [0.717, 1.165) is 53.0 Å². The highest BCUT2D eigenvalue weighted by Crippen LogP contribution is 2.41. The van der Waals surface area contributed by atoms with E-state index in [1.54, 1.807) is 12.1 Å². The van der Waals surface area contributed by atoms with Crippen molar-refractivity contribution in [1.29, 1.82) is 0 Å². The fraction of sp³-hybridized carbons (Fsp3) is 0.250. The molecule has 180 valence electrons. The van der Waals surface area contributed by atoms with Gasteiger partial charge in [-0.05, 0) is 66.6 Å². The molecule has 0 radical (unpaired) electrons. The largest absolute Gasteiger partial charge is 0.508 e. The number of phenols is 1. The number of alkyl halides is 1. The van der Waals surface area contributed by atoms with Gasteiger partial charge in [-0.25, -0.2) is 4.39 Å². The minimum Gasteiger partial charge on any atom is -0.508 e. The molecule has 0 spiro atoms. The van der Waals surface area contributed by atoms with Gasteiger partial charge < -0.3 is 14.7 Å². The Bertz CT molecular complexity index is 1330. The highest BCUT2D eigenvalue weighted by Gasteiger charge is 2.25. The lowest BCUT2D eigenvalue weighted by molar-refractivity contribution is 0.0755. The molecular weight excluding hydrogens is 468 g/mol. The second-order valence-electron chi connectivity index (χ2n) is 8.83. The summed E-state index contributed by atoms with van der Waals surface area (Å²) >= 11 is 1.31. The van der Waals surface area contributed by atoms with Gasteiger partial charge in [-0.2, -0.15) is 0 Å². The molecule has 1 aliphatic rings. The van der Waals surface area contributed by atoms with Crippen LogP contribution in [0.25, 0.3) is 21.2 Å². The Labute approximate surface area is 206 Å². The summed E-state index contributed by atoms with van der Waals surface area (Å²) in [6.07, 6.45) is 0.871. The minimum absolute atomic E-state index is 0.133. The van der Waals surface area contributed by atoms with E-state index in [-0.39, 0.29) is 24.1 Å². The van der Waals surface area contributed by atoms with Crippen LogP contribution in [0.5, 0.6) is 11.5 Å². The molecule has 0 bridgehead atoms. The first-order valence-electron chi connectivity index (χ1n) is 11.6. The molecule has 7 heteroatoms. The SMILES string of the molecule is O=C(c1ccc(F)cc1)c1sc2cc(O)ccc2c1-c1ccc(OCCCN2CC(CF)C2)cc1. The van der Waals surface area contributed by atoms with Crippen LogP contribution >= 0.6 is 11.3 Å². The van der Waals surface area contributed by atoms with Gasteiger partial charge in [0.05, 0.1) is 18.2 Å². The van der Waals surface area contributed by atoms with Gasteiger partial charge in [0, 0.05) is 46.8 Å². The molecule has 5 rings (SSSR count). The predicted octanol–water partition coefficient (Wildman–Crippen LogP) is 6.31. The van der Waals surface area contributed by atoms with E-state index in [2.05, 4.69) is 4.90 Å². The van der Waals surface area contributed by atoms with Crippen LogP contribution in [-0.2, 0) is 0 Å². The lowest BCUT2D eigenvalue weighted by Crippen LogP contribution is -2.48. The van der Waals surface area contributed by atoms with Gasteiger partial charge in [0.25, 0.3) is 0 Å². The van der Waals surface area contributed by atoms with Crippen LogP contribution in [0.1, 0.15) is 21.7 Å². The maximum atomic E-state index is 13.4. The Kier molecular flexibility index (Phi) is 6.79. The highest BCUT2D eigenvalue weighted by molar-refractivity contribution is 7.21. The first kappa shape index (κ1) is 23.5. The van der Waals surface area contributed by atoms with E-state index in [1.165, 1.54) is 35.6 Å². The zero-order valence-electron chi connectivity index (χ0n) is 19.0. The van der Waals surface area contributed by atoms with Crippen molar-refractivity contribution in [3.05, 3.63) is 83.0 Å². The van der Waals surface area contributed by atoms with Crippen LogP contribution in [0.4, 0.5) is 8.78 Å². The van der Waals surface area contributed by atoms with E-state index < -0.39 is 5.82 Å². The maximum Gasteiger partial charge on any atom is 0.203 e. The molecule has 0 amide bonds. The summed E-state index contributed by atoms with van der Waals surface area (Å²) in [6, 6.07) is 18.2. The average molecular weight is 494 g/mol. The number of ether oxygens (including phenoxy) is 1. The second kappa shape index (κ2) is 10.1. The van der Waals surface area contributed by atoms with Crippen LogP contribution < -0.4 is 4.74 Å². The maximum absolute atomic E-state index is 13.4. The molecule has 0 saturated carbocycles. The van der Waals surface area contributed by atoms with Crippen molar-refractivity contribution >= 4 is 27.2 Å². The summed E-state index contributed by atoms with van der Waals surface area (Å²) in [4.78, 5) is 16.1. The van der Waals surface area contributed by atoms with Gasteiger partial charge >= 0.3 is 0 Å². The normalized spacial score (nSPS) is 14.2. The number of hydrogen-bond acceptors (Lipinski definition) is 5. The van der Waals surface area contributed by atoms with Gasteiger partial charge in [-0.1, -0.05) is 12.1 Å². The van der Waals surface area contributed by atoms with Crippen molar-refractivity contribution in [2.24, 2.45) is 5.92 Å². The molecule has 2 heterocycles. The van der Waals surface area contributed by atoms with E-state index >= 15 is 0 Å². The molecule has 4 nitrogen and oxygen atoms in total. The van der Waals surface area contributed by atoms with E-state index in [0.29, 0.717) is 17.0 Å². The van der Waals surface area contributed by atoms with E-state index in [9.17, 15) is 18.7 Å². The Morgan fingerprint density at radius 3 is 2.51 bits per heavy atom. The molecule has 35 heavy (non-hydrogen) atoms. The monoisotopic (exact) mass is 493 g/mol. The standard InChI is InChI=1S/C28H25F2NO3S/c29-15-18-16-31(17-18)12-1-13-34-23-9-4-19(5-10-23)26-24-11-8-22(32)14-25(24)35-28(26)27(33)20-2-6-21(30)7-3-20/h2-11,14,18,32H,1,12-13,15-17H2. The van der Waals surface area contributed by atoms with Gasteiger partial charge in [-0.3, -0.25) is 9.18 Å². The topological polar surface area (TPSA) is 49.8 Å². The third-order valence-corrected chi connectivity index (χ3v) is 7.42. The number of fused-ring (bicyclic) bond motifs is 1. The number of hydrogen-bond donors (Lipinski definition) is 1. The van der Waals surface area contributed by atoms with Crippen molar-refractivity contribution in [3.63, 3.8) is 0 Å². The van der Waals surface area contributed by atoms with Crippen molar-refractivity contribution in [2.45, 2.75) is 6.42 Å². The summed E-state index contributed by atoms with van der Waals surface area (Å²) in [5, 5.41) is 10.8. The second-order valence-corrected chi connectivity index (χ2v) is 9.88. The summed E-state index contributed by atoms with van der Waals surface area (Å²) < 4.78 is 32.6. The van der Waals surface area contributed by atoms with E-state index in [4.69, 9.17) is 4.74 Å². The number of thiophene rings is 1. The van der Waals surface area contributed by atoms with Gasteiger partial charge in [0.15, 0.2) is 0 Å². The number of carbonyl (C=O) groups is 1. The number of ketones is 1. The quantitative estimate of drug-likeness (QED) is 0.219. The molecule has 1 fully saturated rings. The number of rotatable bonds is 9. The third-order valence-electron chi connectivity index (χ3n) is 6.27. The number of nitrogens with zero attached hydrogens (tertiary/aromatic N) is 1. The Balaban J connectivity index is 1.35. The molecule has 1 aromatic heterocycles. The van der Waals surface area contributed by atoms with Crippen molar-refractivity contribution in [2.75, 3.05) is 32.9 Å². The number of benzene rings is 3. The summed E-state index contributed by atoms with van der Waals surface area (Å²) in [5.74, 6) is 0.478. The lowest BCUT2D eigenvalue weighted by Gasteiger charge is -2.37. The predicted molar refractivity (Wildman–Crippen MR) is 135 cm³/mol. The van der Waals surface area contributed by atoms with E-state index in [1.807, 2.05) is 30.3 Å².